The summed E-state index contributed by atoms with van der Waals surface area (Å²) in [5, 5.41) is 6.98. The van der Waals surface area contributed by atoms with E-state index in [2.05, 4.69) is 10.6 Å². The van der Waals surface area contributed by atoms with E-state index in [0.29, 0.717) is 12.0 Å². The summed E-state index contributed by atoms with van der Waals surface area (Å²) in [5.74, 6) is -1.54. The monoisotopic (exact) mass is 376 g/mol. The minimum atomic E-state index is -0.776. The molecule has 5 heteroatoms. The highest BCUT2D eigenvalue weighted by Crippen LogP contribution is 2.43. The quantitative estimate of drug-likeness (QED) is 0.607. The molecule has 0 radical (unpaired) electrons. The molecule has 0 spiro atoms. The van der Waals surface area contributed by atoms with Gasteiger partial charge in [-0.2, -0.15) is 0 Å². The molecule has 0 saturated heterocycles. The molecule has 2 aromatic carbocycles. The van der Waals surface area contributed by atoms with Crippen LogP contribution in [0.3, 0.4) is 0 Å². The fourth-order valence-electron chi connectivity index (χ4n) is 4.14. The first kappa shape index (κ1) is 18.3. The summed E-state index contributed by atoms with van der Waals surface area (Å²) in [5.41, 5.74) is 5.50. The van der Waals surface area contributed by atoms with Gasteiger partial charge >= 0.3 is 5.97 Å². The maximum atomic E-state index is 13.5. The molecule has 0 amide bonds. The van der Waals surface area contributed by atoms with Crippen LogP contribution in [0.4, 0.5) is 11.4 Å². The standard InChI is InChI=1S/C23H24N2O3/c1-13-8-10-15(11-9-13)21-20-18(24-16-6-4-5-7-17(16)25-21)12-14(2)19(22(20)26)23(27)28-3/h4-11,14,19,21,24-25H,12H2,1-3H3/t14-,19+,21+/m1/s1. The van der Waals surface area contributed by atoms with Gasteiger partial charge in [0, 0.05) is 11.3 Å². The van der Waals surface area contributed by atoms with Crippen LogP contribution in [0.5, 0.6) is 0 Å². The number of fused-ring (bicyclic) bond motifs is 1. The van der Waals surface area contributed by atoms with E-state index < -0.39 is 11.9 Å². The van der Waals surface area contributed by atoms with Crippen LogP contribution in [0.2, 0.25) is 0 Å². The van der Waals surface area contributed by atoms with Gasteiger partial charge in [-0.3, -0.25) is 9.59 Å². The molecule has 28 heavy (non-hydrogen) atoms. The van der Waals surface area contributed by atoms with E-state index in [9.17, 15) is 9.59 Å². The molecule has 1 aliphatic carbocycles. The zero-order valence-corrected chi connectivity index (χ0v) is 16.3. The lowest BCUT2D eigenvalue weighted by Gasteiger charge is -2.32. The first-order chi connectivity index (χ1) is 13.5. The maximum Gasteiger partial charge on any atom is 0.316 e. The van der Waals surface area contributed by atoms with E-state index in [1.54, 1.807) is 0 Å². The van der Waals surface area contributed by atoms with Gasteiger partial charge in [0.15, 0.2) is 5.78 Å². The molecule has 2 aliphatic rings. The largest absolute Gasteiger partial charge is 0.468 e. The third-order valence-electron chi connectivity index (χ3n) is 5.64. The Bertz CT molecular complexity index is 962. The number of ether oxygens (including phenoxy) is 1. The second-order valence-electron chi connectivity index (χ2n) is 7.60. The van der Waals surface area contributed by atoms with Gasteiger partial charge in [0.2, 0.25) is 0 Å². The number of nitrogens with one attached hydrogen (secondary N) is 2. The number of methoxy groups -OCH3 is 1. The number of Topliss-reactive ketones (excluding diaryl/α,β-unsaturated/α-hetero) is 1. The molecule has 0 saturated carbocycles. The number of anilines is 2. The van der Waals surface area contributed by atoms with Crippen molar-refractivity contribution in [2.24, 2.45) is 11.8 Å². The van der Waals surface area contributed by atoms with Crippen LogP contribution >= 0.6 is 0 Å². The van der Waals surface area contributed by atoms with Crippen molar-refractivity contribution < 1.29 is 14.3 Å². The lowest BCUT2D eigenvalue weighted by Crippen LogP contribution is -2.39. The summed E-state index contributed by atoms with van der Waals surface area (Å²) in [4.78, 5) is 25.8. The minimum absolute atomic E-state index is 0.130. The lowest BCUT2D eigenvalue weighted by atomic mass is 9.75. The van der Waals surface area contributed by atoms with Gasteiger partial charge in [0.05, 0.1) is 24.5 Å². The molecule has 3 atom stereocenters. The maximum absolute atomic E-state index is 13.5. The molecule has 1 aliphatic heterocycles. The van der Waals surface area contributed by atoms with E-state index in [0.717, 1.165) is 28.2 Å². The van der Waals surface area contributed by atoms with Crippen LogP contribution in [-0.4, -0.2) is 18.9 Å². The fourth-order valence-corrected chi connectivity index (χ4v) is 4.14. The second kappa shape index (κ2) is 7.15. The Kier molecular flexibility index (Phi) is 4.67. The topological polar surface area (TPSA) is 67.4 Å². The number of ketones is 1. The molecular weight excluding hydrogens is 352 g/mol. The number of carbonyl (C=O) groups is 2. The number of esters is 1. The number of para-hydroxylation sites is 2. The first-order valence-corrected chi connectivity index (χ1v) is 9.54. The average molecular weight is 376 g/mol. The summed E-state index contributed by atoms with van der Waals surface area (Å²) in [6.07, 6.45) is 0.610. The number of aryl methyl sites for hydroxylation is 1. The smallest absolute Gasteiger partial charge is 0.316 e. The SMILES string of the molecule is COC(=O)[C@@H]1C(=O)C2=C(C[C@H]1C)Nc1ccccc1N[C@H]2c1ccc(C)cc1. The third kappa shape index (κ3) is 3.07. The van der Waals surface area contributed by atoms with Crippen molar-refractivity contribution >= 4 is 23.1 Å². The number of carbonyl (C=O) groups excluding carboxylic acids is 2. The lowest BCUT2D eigenvalue weighted by molar-refractivity contribution is -0.151. The van der Waals surface area contributed by atoms with Gasteiger partial charge in [-0.1, -0.05) is 48.9 Å². The second-order valence-corrected chi connectivity index (χ2v) is 7.60. The first-order valence-electron chi connectivity index (χ1n) is 9.54. The Hall–Kier alpha value is -3.08. The van der Waals surface area contributed by atoms with Gasteiger partial charge in [0.25, 0.3) is 0 Å². The van der Waals surface area contributed by atoms with Crippen molar-refractivity contribution in [3.8, 4) is 0 Å². The zero-order valence-electron chi connectivity index (χ0n) is 16.3. The number of benzene rings is 2. The Morgan fingerprint density at radius 1 is 1.07 bits per heavy atom. The minimum Gasteiger partial charge on any atom is -0.468 e. The van der Waals surface area contributed by atoms with Crippen LogP contribution < -0.4 is 10.6 Å². The van der Waals surface area contributed by atoms with Gasteiger partial charge in [0.1, 0.15) is 5.92 Å². The molecule has 0 bridgehead atoms. The molecule has 0 unspecified atom stereocenters. The predicted octanol–water partition coefficient (Wildman–Crippen LogP) is 4.23. The van der Waals surface area contributed by atoms with E-state index in [4.69, 9.17) is 4.74 Å². The molecule has 5 nitrogen and oxygen atoms in total. The molecule has 2 aromatic rings. The van der Waals surface area contributed by atoms with E-state index in [-0.39, 0.29) is 17.7 Å². The number of hydrogen-bond donors (Lipinski definition) is 2. The summed E-state index contributed by atoms with van der Waals surface area (Å²) < 4.78 is 4.94. The van der Waals surface area contributed by atoms with Gasteiger partial charge in [-0.15, -0.1) is 0 Å². The summed E-state index contributed by atoms with van der Waals surface area (Å²) in [7, 11) is 1.34. The van der Waals surface area contributed by atoms with Crippen LogP contribution in [0.15, 0.2) is 59.8 Å². The van der Waals surface area contributed by atoms with Crippen molar-refractivity contribution in [3.05, 3.63) is 70.9 Å². The molecular formula is C23H24N2O3. The van der Waals surface area contributed by atoms with Gasteiger partial charge in [-0.05, 0) is 37.0 Å². The molecule has 0 fully saturated rings. The average Bonchev–Trinajstić information content (AvgIpc) is 2.85. The summed E-state index contributed by atoms with van der Waals surface area (Å²) >= 11 is 0. The Labute approximate surface area is 164 Å². The van der Waals surface area contributed by atoms with Crippen LogP contribution in [0.1, 0.15) is 30.5 Å². The normalized spacial score (nSPS) is 23.7. The predicted molar refractivity (Wildman–Crippen MR) is 109 cm³/mol. The summed E-state index contributed by atoms with van der Waals surface area (Å²) in [6, 6.07) is 15.7. The highest BCUT2D eigenvalue weighted by molar-refractivity contribution is 6.11. The Balaban J connectivity index is 1.87. The number of allylic oxidation sites excluding steroid dienone is 1. The third-order valence-corrected chi connectivity index (χ3v) is 5.64. The fraction of sp³-hybridized carbons (Fsp3) is 0.304. The van der Waals surface area contributed by atoms with Crippen molar-refractivity contribution in [1.82, 2.24) is 0 Å². The molecule has 1 heterocycles. The molecule has 4 rings (SSSR count). The van der Waals surface area contributed by atoms with E-state index >= 15 is 0 Å². The van der Waals surface area contributed by atoms with Crippen molar-refractivity contribution in [1.29, 1.82) is 0 Å². The van der Waals surface area contributed by atoms with Crippen LogP contribution in [0, 0.1) is 18.8 Å². The zero-order chi connectivity index (χ0) is 19.8. The van der Waals surface area contributed by atoms with Crippen molar-refractivity contribution in [2.75, 3.05) is 17.7 Å². The molecule has 144 valence electrons. The van der Waals surface area contributed by atoms with Crippen LogP contribution in [0.25, 0.3) is 0 Å². The number of hydrogen-bond acceptors (Lipinski definition) is 5. The van der Waals surface area contributed by atoms with Crippen molar-refractivity contribution in [2.45, 2.75) is 26.3 Å². The molecule has 0 aromatic heterocycles. The Morgan fingerprint density at radius 2 is 1.75 bits per heavy atom. The number of rotatable bonds is 2. The highest BCUT2D eigenvalue weighted by Gasteiger charge is 2.44. The van der Waals surface area contributed by atoms with E-state index in [1.807, 2.05) is 62.4 Å². The van der Waals surface area contributed by atoms with E-state index in [1.165, 1.54) is 7.11 Å². The van der Waals surface area contributed by atoms with Gasteiger partial charge < -0.3 is 15.4 Å². The van der Waals surface area contributed by atoms with Crippen molar-refractivity contribution in [3.63, 3.8) is 0 Å². The Morgan fingerprint density at radius 3 is 2.43 bits per heavy atom. The highest BCUT2D eigenvalue weighted by atomic mass is 16.5. The van der Waals surface area contributed by atoms with Crippen LogP contribution in [-0.2, 0) is 14.3 Å². The molecule has 2 N–H and O–H groups in total. The van der Waals surface area contributed by atoms with Gasteiger partial charge in [-0.25, -0.2) is 0 Å². The summed E-state index contributed by atoms with van der Waals surface area (Å²) in [6.45, 7) is 3.96.